The molecule has 52 heavy (non-hydrogen) atoms. The molecular weight excluding hydrogens is 698 g/mol. The van der Waals surface area contributed by atoms with E-state index in [1.165, 1.54) is 31.4 Å². The minimum atomic E-state index is -4.19. The van der Waals surface area contributed by atoms with Crippen LogP contribution >= 0.6 is 11.6 Å². The number of rotatable bonds is 12. The van der Waals surface area contributed by atoms with E-state index in [4.69, 9.17) is 21.1 Å². The maximum atomic E-state index is 13.8. The third-order valence-corrected chi connectivity index (χ3v) is 10.1. The molecule has 2 N–H and O–H groups in total. The first kappa shape index (κ1) is 36.0. The molecule has 264 valence electrons. The monoisotopic (exact) mass is 733 g/mol. The number of anilines is 2. The molecule has 11 heteroatoms. The molecule has 1 amide bonds. The summed E-state index contributed by atoms with van der Waals surface area (Å²) < 4.78 is 41.4. The van der Waals surface area contributed by atoms with Crippen molar-refractivity contribution < 1.29 is 27.5 Å². The summed E-state index contributed by atoms with van der Waals surface area (Å²) in [5.74, 6) is 0.0154. The van der Waals surface area contributed by atoms with Gasteiger partial charge in [-0.3, -0.25) is 9.52 Å². The normalized spacial score (nSPS) is 11.8. The van der Waals surface area contributed by atoms with Gasteiger partial charge in [-0.1, -0.05) is 96.5 Å². The Kier molecular flexibility index (Phi) is 10.8. The second kappa shape index (κ2) is 15.6. The number of nitrogens with one attached hydrogen (secondary N) is 2. The molecule has 0 heterocycles. The van der Waals surface area contributed by atoms with Crippen molar-refractivity contribution in [2.24, 2.45) is 0 Å². The lowest BCUT2D eigenvalue weighted by atomic mass is 9.99. The van der Waals surface area contributed by atoms with Crippen molar-refractivity contribution in [3.05, 3.63) is 150 Å². The van der Waals surface area contributed by atoms with E-state index < -0.39 is 27.9 Å². The van der Waals surface area contributed by atoms with Gasteiger partial charge in [-0.15, -0.1) is 0 Å². The smallest absolute Gasteiger partial charge is 0.328 e. The number of esters is 1. The number of hydrogen-bond acceptors (Lipinski definition) is 7. The van der Waals surface area contributed by atoms with Crippen molar-refractivity contribution in [2.75, 3.05) is 30.8 Å². The van der Waals surface area contributed by atoms with Crippen LogP contribution in [-0.4, -0.2) is 47.5 Å². The van der Waals surface area contributed by atoms with Crippen LogP contribution in [0, 0.1) is 0 Å². The third kappa shape index (κ3) is 8.04. The second-order valence-corrected chi connectivity index (χ2v) is 14.3. The molecule has 9 nitrogen and oxygen atoms in total. The van der Waals surface area contributed by atoms with Crippen molar-refractivity contribution in [2.45, 2.75) is 17.4 Å². The van der Waals surface area contributed by atoms with Gasteiger partial charge in [-0.25, -0.2) is 13.2 Å². The summed E-state index contributed by atoms with van der Waals surface area (Å²) in [7, 11) is 0.808. The van der Waals surface area contributed by atoms with E-state index >= 15 is 0 Å². The summed E-state index contributed by atoms with van der Waals surface area (Å²) in [5, 5.41) is 4.20. The number of sulfonamides is 1. The molecule has 0 saturated carbocycles. The van der Waals surface area contributed by atoms with Crippen LogP contribution in [0.15, 0.2) is 138 Å². The average molecular weight is 734 g/mol. The number of amides is 1. The van der Waals surface area contributed by atoms with Gasteiger partial charge in [0.2, 0.25) is 0 Å². The summed E-state index contributed by atoms with van der Waals surface area (Å²) >= 11 is 6.29. The summed E-state index contributed by atoms with van der Waals surface area (Å²) in [5.41, 5.74) is 3.31. The molecule has 6 aromatic carbocycles. The first-order valence-electron chi connectivity index (χ1n) is 16.4. The molecule has 6 rings (SSSR count). The van der Waals surface area contributed by atoms with Crippen LogP contribution < -0.4 is 19.7 Å². The minimum absolute atomic E-state index is 0.00739. The summed E-state index contributed by atoms with van der Waals surface area (Å²) in [6.07, 6.45) is 0.104. The average Bonchev–Trinajstić information content (AvgIpc) is 3.15. The minimum Gasteiger partial charge on any atom is -0.467 e. The van der Waals surface area contributed by atoms with Gasteiger partial charge in [0.15, 0.2) is 0 Å². The van der Waals surface area contributed by atoms with E-state index in [0.29, 0.717) is 16.9 Å². The van der Waals surface area contributed by atoms with E-state index in [2.05, 4.69) is 10.0 Å². The molecule has 6 aromatic rings. The van der Waals surface area contributed by atoms with E-state index in [0.717, 1.165) is 27.8 Å². The molecule has 1 atom stereocenters. The van der Waals surface area contributed by atoms with Crippen molar-refractivity contribution in [3.63, 3.8) is 0 Å². The Morgan fingerprint density at radius 3 is 2.21 bits per heavy atom. The van der Waals surface area contributed by atoms with Gasteiger partial charge in [0.1, 0.15) is 17.5 Å². The number of halogens is 1. The molecule has 0 spiro atoms. The second-order valence-electron chi connectivity index (χ2n) is 12.2. The molecule has 0 aliphatic carbocycles. The zero-order chi connectivity index (χ0) is 36.8. The molecule has 0 aliphatic heterocycles. The van der Waals surface area contributed by atoms with E-state index in [9.17, 15) is 18.0 Å². The number of carbonyl (C=O) groups excluding carboxylic acids is 2. The highest BCUT2D eigenvalue weighted by Gasteiger charge is 2.26. The fraction of sp³-hybridized carbons (Fsp3) is 0.122. The van der Waals surface area contributed by atoms with Crippen molar-refractivity contribution >= 4 is 55.6 Å². The fourth-order valence-electron chi connectivity index (χ4n) is 5.92. The van der Waals surface area contributed by atoms with Crippen molar-refractivity contribution in [3.8, 4) is 22.6 Å². The van der Waals surface area contributed by atoms with E-state index in [-0.39, 0.29) is 27.6 Å². The van der Waals surface area contributed by atoms with Crippen LogP contribution in [0.1, 0.15) is 15.9 Å². The summed E-state index contributed by atoms with van der Waals surface area (Å²) in [6, 6.07) is 38.3. The fourth-order valence-corrected chi connectivity index (χ4v) is 7.39. The molecule has 0 fully saturated rings. The number of benzene rings is 6. The highest BCUT2D eigenvalue weighted by molar-refractivity contribution is 7.93. The van der Waals surface area contributed by atoms with E-state index in [1.54, 1.807) is 18.2 Å². The van der Waals surface area contributed by atoms with E-state index in [1.807, 2.05) is 110 Å². The standard InChI is InChI=1S/C41H36ClN3O6S/c1-45(2)37-16-9-15-33-32(37)14-10-18-39(33)52(48,49)44-35-24-23-29(42)26-34(35)40(46)43-36(41(47)50-3)25-27-19-21-28(22-20-27)31-13-7-8-17-38(31)51-30-11-5-4-6-12-30/h4-24,26,36,44H,25H2,1-3H3,(H,43,46)/t36-/m0/s1. The van der Waals surface area contributed by atoms with Gasteiger partial charge in [0.05, 0.1) is 23.3 Å². The lowest BCUT2D eigenvalue weighted by molar-refractivity contribution is -0.142. The van der Waals surface area contributed by atoms with Crippen LogP contribution in [0.25, 0.3) is 21.9 Å². The third-order valence-electron chi connectivity index (χ3n) is 8.45. The predicted molar refractivity (Wildman–Crippen MR) is 206 cm³/mol. The van der Waals surface area contributed by atoms with Gasteiger partial charge in [0, 0.05) is 47.6 Å². The lowest BCUT2D eigenvalue weighted by Crippen LogP contribution is -2.43. The van der Waals surface area contributed by atoms with Crippen LogP contribution in [-0.2, 0) is 26.0 Å². The first-order valence-corrected chi connectivity index (χ1v) is 18.2. The Bertz CT molecular complexity index is 2350. The molecule has 0 bridgehead atoms. The molecule has 0 aromatic heterocycles. The quantitative estimate of drug-likeness (QED) is 0.122. The van der Waals surface area contributed by atoms with Gasteiger partial charge in [-0.05, 0) is 59.7 Å². The van der Waals surface area contributed by atoms with Gasteiger partial charge in [-0.2, -0.15) is 0 Å². The number of carbonyl (C=O) groups is 2. The van der Waals surface area contributed by atoms with Gasteiger partial charge in [0.25, 0.3) is 15.9 Å². The Hall–Kier alpha value is -5.84. The lowest BCUT2D eigenvalue weighted by Gasteiger charge is -2.20. The predicted octanol–water partition coefficient (Wildman–Crippen LogP) is 8.33. The van der Waals surface area contributed by atoms with Crippen LogP contribution in [0.3, 0.4) is 0 Å². The highest BCUT2D eigenvalue weighted by atomic mass is 35.5. The largest absolute Gasteiger partial charge is 0.467 e. The zero-order valence-corrected chi connectivity index (χ0v) is 30.2. The van der Waals surface area contributed by atoms with Crippen molar-refractivity contribution in [1.29, 1.82) is 0 Å². The Balaban J connectivity index is 1.23. The molecule has 0 unspecified atom stereocenters. The van der Waals surface area contributed by atoms with Gasteiger partial charge < -0.3 is 19.7 Å². The Morgan fingerprint density at radius 1 is 0.788 bits per heavy atom. The number of methoxy groups -OCH3 is 1. The Morgan fingerprint density at radius 2 is 1.48 bits per heavy atom. The van der Waals surface area contributed by atoms with Crippen molar-refractivity contribution in [1.82, 2.24) is 5.32 Å². The Labute approximate surface area is 307 Å². The number of ether oxygens (including phenoxy) is 2. The SMILES string of the molecule is COC(=O)[C@H](Cc1ccc(-c2ccccc2Oc2ccccc2)cc1)NC(=O)c1cc(Cl)ccc1NS(=O)(=O)c1cccc2c(N(C)C)cccc12. The van der Waals surface area contributed by atoms with Crippen LogP contribution in [0.5, 0.6) is 11.5 Å². The molecule has 0 aliphatic rings. The maximum Gasteiger partial charge on any atom is 0.328 e. The molecule has 0 saturated heterocycles. The van der Waals surface area contributed by atoms with Gasteiger partial charge >= 0.3 is 5.97 Å². The first-order chi connectivity index (χ1) is 25.0. The number of nitrogens with zero attached hydrogens (tertiary/aromatic N) is 1. The van der Waals surface area contributed by atoms with Crippen LogP contribution in [0.2, 0.25) is 5.02 Å². The summed E-state index contributed by atoms with van der Waals surface area (Å²) in [4.78, 5) is 28.7. The topological polar surface area (TPSA) is 114 Å². The highest BCUT2D eigenvalue weighted by Crippen LogP contribution is 2.34. The zero-order valence-electron chi connectivity index (χ0n) is 28.7. The van der Waals surface area contributed by atoms with Crippen LogP contribution in [0.4, 0.5) is 11.4 Å². The summed E-state index contributed by atoms with van der Waals surface area (Å²) in [6.45, 7) is 0. The number of para-hydroxylation sites is 2. The number of hydrogen-bond donors (Lipinski definition) is 2. The number of fused-ring (bicyclic) bond motifs is 1. The maximum absolute atomic E-state index is 13.8. The molecular formula is C41H36ClN3O6S. The molecule has 0 radical (unpaired) electrons.